The summed E-state index contributed by atoms with van der Waals surface area (Å²) in [6, 6.07) is 15.3. The Hall–Kier alpha value is -3.10. The van der Waals surface area contributed by atoms with E-state index in [1.807, 2.05) is 29.1 Å². The van der Waals surface area contributed by atoms with E-state index in [2.05, 4.69) is 16.4 Å². The molecule has 0 saturated carbocycles. The largest absolute Gasteiger partial charge is 0.331 e. The summed E-state index contributed by atoms with van der Waals surface area (Å²) in [5.74, 6) is -0.412. The molecule has 0 aliphatic heterocycles. The van der Waals surface area contributed by atoms with Gasteiger partial charge in [0.05, 0.1) is 6.07 Å². The highest BCUT2D eigenvalue weighted by atomic mass is 35.5. The van der Waals surface area contributed by atoms with Crippen molar-refractivity contribution in [2.45, 2.75) is 6.04 Å². The van der Waals surface area contributed by atoms with Gasteiger partial charge in [0.15, 0.2) is 0 Å². The Labute approximate surface area is 144 Å². The smallest absolute Gasteiger partial charge is 0.271 e. The third kappa shape index (κ3) is 3.45. The first kappa shape index (κ1) is 15.8. The van der Waals surface area contributed by atoms with Crippen LogP contribution >= 0.6 is 11.6 Å². The molecule has 1 atom stereocenters. The van der Waals surface area contributed by atoms with Gasteiger partial charge in [-0.25, -0.2) is 0 Å². The van der Waals surface area contributed by atoms with E-state index >= 15 is 0 Å². The predicted octanol–water partition coefficient (Wildman–Crippen LogP) is 3.52. The SMILES string of the molecule is N#CC(NC(=O)c1cc(-n2cccc2)ccn1)c1ccc(Cl)cc1. The zero-order valence-corrected chi connectivity index (χ0v) is 13.3. The topological polar surface area (TPSA) is 70.7 Å². The van der Waals surface area contributed by atoms with Crippen molar-refractivity contribution in [2.24, 2.45) is 0 Å². The lowest BCUT2D eigenvalue weighted by atomic mass is 10.1. The fourth-order valence-corrected chi connectivity index (χ4v) is 2.39. The van der Waals surface area contributed by atoms with E-state index in [4.69, 9.17) is 11.6 Å². The normalized spacial score (nSPS) is 11.5. The molecular weight excluding hydrogens is 324 g/mol. The summed E-state index contributed by atoms with van der Waals surface area (Å²) in [5, 5.41) is 12.6. The molecule has 2 aromatic heterocycles. The van der Waals surface area contributed by atoms with Crippen LogP contribution in [0.25, 0.3) is 5.69 Å². The van der Waals surface area contributed by atoms with Gasteiger partial charge in [0, 0.05) is 29.3 Å². The van der Waals surface area contributed by atoms with Gasteiger partial charge in [-0.05, 0) is 42.0 Å². The van der Waals surface area contributed by atoms with Gasteiger partial charge in [0.2, 0.25) is 0 Å². The van der Waals surface area contributed by atoms with E-state index in [-0.39, 0.29) is 5.69 Å². The highest BCUT2D eigenvalue weighted by Crippen LogP contribution is 2.17. The van der Waals surface area contributed by atoms with Crippen LogP contribution in [0.2, 0.25) is 5.02 Å². The van der Waals surface area contributed by atoms with Crippen molar-refractivity contribution < 1.29 is 4.79 Å². The molecule has 0 aliphatic rings. The summed E-state index contributed by atoms with van der Waals surface area (Å²) in [5.41, 5.74) is 1.73. The van der Waals surface area contributed by atoms with Crippen molar-refractivity contribution in [3.05, 3.63) is 83.4 Å². The maximum Gasteiger partial charge on any atom is 0.271 e. The van der Waals surface area contributed by atoms with Crippen molar-refractivity contribution in [1.82, 2.24) is 14.9 Å². The van der Waals surface area contributed by atoms with Gasteiger partial charge in [-0.1, -0.05) is 23.7 Å². The molecule has 118 valence electrons. The van der Waals surface area contributed by atoms with Gasteiger partial charge < -0.3 is 9.88 Å². The average Bonchev–Trinajstić information content (AvgIpc) is 3.15. The molecule has 0 fully saturated rings. The van der Waals surface area contributed by atoms with Crippen LogP contribution < -0.4 is 5.32 Å². The summed E-state index contributed by atoms with van der Waals surface area (Å²) >= 11 is 5.84. The minimum Gasteiger partial charge on any atom is -0.331 e. The van der Waals surface area contributed by atoms with E-state index in [1.165, 1.54) is 0 Å². The number of halogens is 1. The van der Waals surface area contributed by atoms with Gasteiger partial charge in [-0.15, -0.1) is 0 Å². The lowest BCUT2D eigenvalue weighted by Gasteiger charge is -2.12. The number of carbonyl (C=O) groups is 1. The van der Waals surface area contributed by atoms with Crippen LogP contribution in [0, 0.1) is 11.3 Å². The third-order valence-corrected chi connectivity index (χ3v) is 3.74. The van der Waals surface area contributed by atoms with Crippen LogP contribution in [0.15, 0.2) is 67.1 Å². The Morgan fingerprint density at radius 2 is 1.92 bits per heavy atom. The van der Waals surface area contributed by atoms with Crippen molar-refractivity contribution in [2.75, 3.05) is 0 Å². The monoisotopic (exact) mass is 336 g/mol. The standard InChI is InChI=1S/C18H13ClN4O/c19-14-5-3-13(4-6-14)17(12-20)22-18(24)16-11-15(7-8-21-16)23-9-1-2-10-23/h1-11,17H,(H,22,24). The molecule has 0 spiro atoms. The van der Waals surface area contributed by atoms with Crippen LogP contribution in [0.5, 0.6) is 0 Å². The molecule has 1 unspecified atom stereocenters. The molecule has 1 amide bonds. The quantitative estimate of drug-likeness (QED) is 0.792. The fourth-order valence-electron chi connectivity index (χ4n) is 2.26. The highest BCUT2D eigenvalue weighted by Gasteiger charge is 2.16. The second-order valence-corrected chi connectivity index (χ2v) is 5.51. The van der Waals surface area contributed by atoms with Gasteiger partial charge in [-0.2, -0.15) is 5.26 Å². The van der Waals surface area contributed by atoms with E-state index in [0.29, 0.717) is 10.6 Å². The Bertz CT molecular complexity index is 882. The first-order valence-corrected chi connectivity index (χ1v) is 7.60. The van der Waals surface area contributed by atoms with Crippen LogP contribution in [-0.4, -0.2) is 15.5 Å². The van der Waals surface area contributed by atoms with Gasteiger partial charge in [-0.3, -0.25) is 9.78 Å². The van der Waals surface area contributed by atoms with Crippen LogP contribution in [0.1, 0.15) is 22.1 Å². The Morgan fingerprint density at radius 3 is 2.58 bits per heavy atom. The van der Waals surface area contributed by atoms with Crippen molar-refractivity contribution in [3.8, 4) is 11.8 Å². The maximum absolute atomic E-state index is 12.4. The second-order valence-electron chi connectivity index (χ2n) is 5.08. The number of carbonyl (C=O) groups excluding carboxylic acids is 1. The number of nitrogens with one attached hydrogen (secondary N) is 1. The Morgan fingerprint density at radius 1 is 1.21 bits per heavy atom. The Balaban J connectivity index is 1.80. The summed E-state index contributed by atoms with van der Waals surface area (Å²) in [4.78, 5) is 16.5. The molecule has 6 heteroatoms. The first-order valence-electron chi connectivity index (χ1n) is 7.23. The molecule has 2 heterocycles. The number of hydrogen-bond donors (Lipinski definition) is 1. The predicted molar refractivity (Wildman–Crippen MR) is 90.8 cm³/mol. The highest BCUT2D eigenvalue weighted by molar-refractivity contribution is 6.30. The van der Waals surface area contributed by atoms with Gasteiger partial charge >= 0.3 is 0 Å². The lowest BCUT2D eigenvalue weighted by Crippen LogP contribution is -2.28. The summed E-state index contributed by atoms with van der Waals surface area (Å²) in [7, 11) is 0. The van der Waals surface area contributed by atoms with E-state index in [0.717, 1.165) is 5.69 Å². The molecule has 0 bridgehead atoms. The van der Waals surface area contributed by atoms with Crippen molar-refractivity contribution in [3.63, 3.8) is 0 Å². The second kappa shape index (κ2) is 6.99. The van der Waals surface area contributed by atoms with E-state index in [9.17, 15) is 10.1 Å². The zero-order chi connectivity index (χ0) is 16.9. The van der Waals surface area contributed by atoms with Crippen LogP contribution in [-0.2, 0) is 0 Å². The molecule has 3 rings (SSSR count). The number of nitriles is 1. The summed E-state index contributed by atoms with van der Waals surface area (Å²) in [6.07, 6.45) is 5.32. The van der Waals surface area contributed by atoms with Crippen molar-refractivity contribution in [1.29, 1.82) is 5.26 Å². The van der Waals surface area contributed by atoms with Crippen LogP contribution in [0.3, 0.4) is 0 Å². The first-order chi connectivity index (χ1) is 11.7. The molecule has 1 aromatic carbocycles. The fraction of sp³-hybridized carbons (Fsp3) is 0.0556. The van der Waals surface area contributed by atoms with Gasteiger partial charge in [0.25, 0.3) is 5.91 Å². The number of hydrogen-bond acceptors (Lipinski definition) is 3. The summed E-state index contributed by atoms with van der Waals surface area (Å²) in [6.45, 7) is 0. The molecule has 24 heavy (non-hydrogen) atoms. The van der Waals surface area contributed by atoms with Crippen LogP contribution in [0.4, 0.5) is 0 Å². The number of aromatic nitrogens is 2. The molecule has 0 saturated heterocycles. The molecule has 3 aromatic rings. The van der Waals surface area contributed by atoms with Crippen molar-refractivity contribution >= 4 is 17.5 Å². The summed E-state index contributed by atoms with van der Waals surface area (Å²) < 4.78 is 1.87. The minimum atomic E-state index is -0.771. The molecule has 1 N–H and O–H groups in total. The number of pyridine rings is 1. The molecule has 5 nitrogen and oxygen atoms in total. The van der Waals surface area contributed by atoms with Gasteiger partial charge in [0.1, 0.15) is 11.7 Å². The maximum atomic E-state index is 12.4. The van der Waals surface area contributed by atoms with E-state index in [1.54, 1.807) is 42.6 Å². The minimum absolute atomic E-state index is 0.246. The zero-order valence-electron chi connectivity index (χ0n) is 12.6. The van der Waals surface area contributed by atoms with E-state index < -0.39 is 11.9 Å². The molecule has 0 radical (unpaired) electrons. The third-order valence-electron chi connectivity index (χ3n) is 3.49. The average molecular weight is 337 g/mol. The lowest BCUT2D eigenvalue weighted by molar-refractivity contribution is 0.0940. The number of amides is 1. The molecule has 0 aliphatic carbocycles. The number of rotatable bonds is 4. The number of nitrogens with zero attached hydrogens (tertiary/aromatic N) is 3. The Kier molecular flexibility index (Phi) is 4.59. The molecular formula is C18H13ClN4O. The number of benzene rings is 1.